The van der Waals surface area contributed by atoms with Crippen molar-refractivity contribution in [3.05, 3.63) is 58.8 Å². The average molecular weight is 336 g/mol. The minimum Gasteiger partial charge on any atom is -0.456 e. The quantitative estimate of drug-likeness (QED) is 0.767. The second kappa shape index (κ2) is 6.60. The third-order valence-corrected chi connectivity index (χ3v) is 3.57. The van der Waals surface area contributed by atoms with Crippen LogP contribution in [0.1, 0.15) is 13.8 Å². The van der Waals surface area contributed by atoms with Gasteiger partial charge in [-0.3, -0.25) is 14.4 Å². The molecule has 0 atom stereocenters. The van der Waals surface area contributed by atoms with Crippen LogP contribution in [-0.2, 0) is 9.59 Å². The van der Waals surface area contributed by atoms with Gasteiger partial charge in [-0.2, -0.15) is 0 Å². The molecule has 6 heteroatoms. The van der Waals surface area contributed by atoms with Crippen LogP contribution >= 0.6 is 0 Å². The molecule has 2 aromatic carbocycles. The van der Waals surface area contributed by atoms with Gasteiger partial charge in [-0.25, -0.2) is 0 Å². The Balaban J connectivity index is 2.19. The minimum atomic E-state index is -0.279. The van der Waals surface area contributed by atoms with Crippen LogP contribution < -0.4 is 16.1 Å². The van der Waals surface area contributed by atoms with E-state index in [2.05, 4.69) is 10.6 Å². The van der Waals surface area contributed by atoms with Crippen molar-refractivity contribution >= 4 is 34.2 Å². The van der Waals surface area contributed by atoms with E-state index in [0.29, 0.717) is 33.7 Å². The molecule has 0 aliphatic carbocycles. The van der Waals surface area contributed by atoms with Crippen molar-refractivity contribution in [3.63, 3.8) is 0 Å². The highest BCUT2D eigenvalue weighted by atomic mass is 16.3. The molecule has 0 aliphatic heterocycles. The Kier molecular flexibility index (Phi) is 4.35. The second-order valence-corrected chi connectivity index (χ2v) is 5.56. The van der Waals surface area contributed by atoms with Crippen molar-refractivity contribution in [1.82, 2.24) is 0 Å². The smallest absolute Gasteiger partial charge is 0.221 e. The van der Waals surface area contributed by atoms with Crippen LogP contribution in [0.2, 0.25) is 0 Å². The Morgan fingerprint density at radius 3 is 2.24 bits per heavy atom. The normalized spacial score (nSPS) is 10.5. The molecule has 0 radical (unpaired) electrons. The van der Waals surface area contributed by atoms with E-state index >= 15 is 0 Å². The van der Waals surface area contributed by atoms with E-state index in [1.165, 1.54) is 19.9 Å². The van der Waals surface area contributed by atoms with Gasteiger partial charge in [-0.1, -0.05) is 18.2 Å². The minimum absolute atomic E-state index is 0.219. The predicted molar refractivity (Wildman–Crippen MR) is 96.5 cm³/mol. The molecule has 0 saturated heterocycles. The van der Waals surface area contributed by atoms with Gasteiger partial charge in [0.15, 0.2) is 5.43 Å². The molecule has 0 fully saturated rings. The van der Waals surface area contributed by atoms with Crippen LogP contribution in [-0.4, -0.2) is 11.8 Å². The van der Waals surface area contributed by atoms with Crippen molar-refractivity contribution in [3.8, 4) is 11.3 Å². The van der Waals surface area contributed by atoms with Gasteiger partial charge in [0.1, 0.15) is 11.3 Å². The summed E-state index contributed by atoms with van der Waals surface area (Å²) < 4.78 is 5.87. The highest BCUT2D eigenvalue weighted by Gasteiger charge is 2.14. The first kappa shape index (κ1) is 16.4. The number of rotatable bonds is 3. The van der Waals surface area contributed by atoms with Crippen molar-refractivity contribution in [2.75, 3.05) is 10.6 Å². The Labute approximate surface area is 143 Å². The summed E-state index contributed by atoms with van der Waals surface area (Å²) in [5.74, 6) is -0.155. The fraction of sp³-hybridized carbons (Fsp3) is 0.105. The van der Waals surface area contributed by atoms with E-state index in [-0.39, 0.29) is 17.2 Å². The van der Waals surface area contributed by atoms with E-state index in [1.54, 1.807) is 42.5 Å². The molecule has 126 valence electrons. The Hall–Kier alpha value is -3.41. The maximum atomic E-state index is 12.6. The first-order chi connectivity index (χ1) is 12.0. The van der Waals surface area contributed by atoms with Crippen LogP contribution in [0.15, 0.2) is 57.7 Å². The van der Waals surface area contributed by atoms with E-state index in [1.807, 2.05) is 0 Å². The maximum absolute atomic E-state index is 12.6. The third kappa shape index (κ3) is 3.42. The molecule has 6 nitrogen and oxygen atoms in total. The molecule has 3 rings (SSSR count). The SMILES string of the molecule is CC(=O)Nc1ccccc1-c1cc(=O)c2c(NC(C)=O)cccc2o1. The molecular formula is C19H16N2O4. The fourth-order valence-corrected chi connectivity index (χ4v) is 2.63. The van der Waals surface area contributed by atoms with Gasteiger partial charge in [-0.15, -0.1) is 0 Å². The summed E-state index contributed by atoms with van der Waals surface area (Å²) >= 11 is 0. The molecule has 0 unspecified atom stereocenters. The number of benzene rings is 2. The second-order valence-electron chi connectivity index (χ2n) is 5.56. The van der Waals surface area contributed by atoms with Crippen LogP contribution in [0.3, 0.4) is 0 Å². The maximum Gasteiger partial charge on any atom is 0.221 e. The first-order valence-corrected chi connectivity index (χ1v) is 7.67. The summed E-state index contributed by atoms with van der Waals surface area (Å²) in [6, 6.07) is 13.4. The van der Waals surface area contributed by atoms with Crippen LogP contribution in [0, 0.1) is 0 Å². The van der Waals surface area contributed by atoms with Crippen molar-refractivity contribution in [1.29, 1.82) is 0 Å². The Bertz CT molecular complexity index is 1040. The molecule has 1 aromatic heterocycles. The number of amides is 2. The van der Waals surface area contributed by atoms with E-state index in [0.717, 1.165) is 0 Å². The van der Waals surface area contributed by atoms with Gasteiger partial charge in [0.05, 0.1) is 16.8 Å². The van der Waals surface area contributed by atoms with Crippen LogP contribution in [0.4, 0.5) is 11.4 Å². The van der Waals surface area contributed by atoms with E-state index in [4.69, 9.17) is 4.42 Å². The highest BCUT2D eigenvalue weighted by molar-refractivity contribution is 6.00. The number of nitrogens with one attached hydrogen (secondary N) is 2. The van der Waals surface area contributed by atoms with Gasteiger partial charge in [0.2, 0.25) is 11.8 Å². The van der Waals surface area contributed by atoms with Crippen LogP contribution in [0.25, 0.3) is 22.3 Å². The van der Waals surface area contributed by atoms with Crippen molar-refractivity contribution in [2.24, 2.45) is 0 Å². The van der Waals surface area contributed by atoms with Gasteiger partial charge in [0.25, 0.3) is 0 Å². The number of anilines is 2. The molecule has 0 bridgehead atoms. The van der Waals surface area contributed by atoms with Crippen molar-refractivity contribution < 1.29 is 14.0 Å². The van der Waals surface area contributed by atoms with E-state index in [9.17, 15) is 14.4 Å². The Morgan fingerprint density at radius 2 is 1.52 bits per heavy atom. The molecule has 0 spiro atoms. The lowest BCUT2D eigenvalue weighted by atomic mass is 10.1. The molecule has 25 heavy (non-hydrogen) atoms. The third-order valence-electron chi connectivity index (χ3n) is 3.57. The number of hydrogen-bond acceptors (Lipinski definition) is 4. The molecule has 2 N–H and O–H groups in total. The van der Waals surface area contributed by atoms with Crippen molar-refractivity contribution in [2.45, 2.75) is 13.8 Å². The zero-order valence-electron chi connectivity index (χ0n) is 13.8. The molecule has 0 aliphatic rings. The number of carbonyl (C=O) groups is 2. The monoisotopic (exact) mass is 336 g/mol. The topological polar surface area (TPSA) is 88.4 Å². The lowest BCUT2D eigenvalue weighted by molar-refractivity contribution is -0.115. The summed E-state index contributed by atoms with van der Waals surface area (Å²) in [5.41, 5.74) is 1.63. The molecule has 3 aromatic rings. The number of para-hydroxylation sites is 1. The number of fused-ring (bicyclic) bond motifs is 1. The summed E-state index contributed by atoms with van der Waals surface area (Å²) in [7, 11) is 0. The van der Waals surface area contributed by atoms with Gasteiger partial charge < -0.3 is 15.1 Å². The number of hydrogen-bond donors (Lipinski definition) is 2. The summed E-state index contributed by atoms with van der Waals surface area (Å²) in [4.78, 5) is 35.3. The van der Waals surface area contributed by atoms with E-state index < -0.39 is 0 Å². The van der Waals surface area contributed by atoms with Gasteiger partial charge in [-0.05, 0) is 24.3 Å². The number of carbonyl (C=O) groups excluding carboxylic acids is 2. The average Bonchev–Trinajstić information content (AvgIpc) is 2.54. The fourth-order valence-electron chi connectivity index (χ4n) is 2.63. The zero-order valence-corrected chi connectivity index (χ0v) is 13.8. The molecule has 2 amide bonds. The largest absolute Gasteiger partial charge is 0.456 e. The lowest BCUT2D eigenvalue weighted by Crippen LogP contribution is -2.11. The summed E-state index contributed by atoms with van der Waals surface area (Å²) in [6.07, 6.45) is 0. The molecule has 0 saturated carbocycles. The molecule has 1 heterocycles. The lowest BCUT2D eigenvalue weighted by Gasteiger charge is -2.11. The van der Waals surface area contributed by atoms with Crippen LogP contribution in [0.5, 0.6) is 0 Å². The van der Waals surface area contributed by atoms with Gasteiger partial charge >= 0.3 is 0 Å². The van der Waals surface area contributed by atoms with Gasteiger partial charge in [0, 0.05) is 25.5 Å². The predicted octanol–water partition coefficient (Wildman–Crippen LogP) is 3.38. The Morgan fingerprint density at radius 1 is 0.880 bits per heavy atom. The zero-order chi connectivity index (χ0) is 18.0. The summed E-state index contributed by atoms with van der Waals surface area (Å²) in [6.45, 7) is 2.78. The summed E-state index contributed by atoms with van der Waals surface area (Å²) in [5, 5.41) is 5.65. The first-order valence-electron chi connectivity index (χ1n) is 7.67. The standard InChI is InChI=1S/C19H16N2O4/c1-11(22)20-14-7-4-3-6-13(14)18-10-16(24)19-15(21-12(2)23)8-5-9-17(19)25-18/h3-10H,1-2H3,(H,20,22)(H,21,23). The molecular weight excluding hydrogens is 320 g/mol. The highest BCUT2D eigenvalue weighted by Crippen LogP contribution is 2.30.